The van der Waals surface area contributed by atoms with Crippen molar-refractivity contribution in [1.29, 1.82) is 0 Å². The van der Waals surface area contributed by atoms with Crippen LogP contribution in [0.25, 0.3) is 11.3 Å². The normalized spacial score (nSPS) is 10.3. The molecule has 2 rings (SSSR count). The van der Waals surface area contributed by atoms with Crippen LogP contribution in [0.1, 0.15) is 10.5 Å². The third kappa shape index (κ3) is 2.47. The summed E-state index contributed by atoms with van der Waals surface area (Å²) in [5.41, 5.74) is -0.148. The number of ether oxygens (including phenoxy) is 3. The lowest BCUT2D eigenvalue weighted by molar-refractivity contribution is 0.0690. The number of nitrogens with zero attached hydrogens (tertiary/aromatic N) is 1. The van der Waals surface area contributed by atoms with Gasteiger partial charge in [-0.05, 0) is 6.07 Å². The summed E-state index contributed by atoms with van der Waals surface area (Å²) >= 11 is 0. The first-order valence-electron chi connectivity index (χ1n) is 5.81. The van der Waals surface area contributed by atoms with Crippen LogP contribution in [0.4, 0.5) is 4.39 Å². The molecule has 0 unspecified atom stereocenters. The molecule has 0 saturated heterocycles. The number of carbonyl (C=O) groups is 1. The van der Waals surface area contributed by atoms with Crippen molar-refractivity contribution in [3.8, 4) is 28.5 Å². The first-order valence-corrected chi connectivity index (χ1v) is 5.81. The Labute approximate surface area is 119 Å². The average Bonchev–Trinajstić information content (AvgIpc) is 2.96. The highest BCUT2D eigenvalue weighted by atomic mass is 19.1. The maximum absolute atomic E-state index is 14.5. The molecule has 0 amide bonds. The summed E-state index contributed by atoms with van der Waals surface area (Å²) in [7, 11) is 4.05. The van der Waals surface area contributed by atoms with E-state index in [1.165, 1.54) is 33.5 Å². The molecule has 1 heterocycles. The molecule has 1 aromatic carbocycles. The highest BCUT2D eigenvalue weighted by molar-refractivity contribution is 5.87. The highest BCUT2D eigenvalue weighted by Crippen LogP contribution is 2.43. The van der Waals surface area contributed by atoms with Gasteiger partial charge in [0, 0.05) is 6.07 Å². The van der Waals surface area contributed by atoms with Crippen LogP contribution in [-0.4, -0.2) is 42.6 Å². The second-order valence-electron chi connectivity index (χ2n) is 3.98. The minimum atomic E-state index is -1.21. The number of hydrogen-bond acceptors (Lipinski definition) is 5. The van der Waals surface area contributed by atoms with Gasteiger partial charge in [-0.2, -0.15) is 5.10 Å². The van der Waals surface area contributed by atoms with Crippen LogP contribution in [0.5, 0.6) is 17.2 Å². The first-order chi connectivity index (χ1) is 10.0. The van der Waals surface area contributed by atoms with E-state index in [2.05, 4.69) is 10.2 Å². The average molecular weight is 296 g/mol. The largest absolute Gasteiger partial charge is 0.494 e. The Kier molecular flexibility index (Phi) is 3.97. The minimum absolute atomic E-state index is 0.0440. The summed E-state index contributed by atoms with van der Waals surface area (Å²) in [6.45, 7) is 0. The number of carboxylic acids is 1. The highest BCUT2D eigenvalue weighted by Gasteiger charge is 2.24. The van der Waals surface area contributed by atoms with Gasteiger partial charge in [0.25, 0.3) is 0 Å². The van der Waals surface area contributed by atoms with Crippen molar-refractivity contribution in [1.82, 2.24) is 10.2 Å². The molecule has 0 radical (unpaired) electrons. The lowest BCUT2D eigenvalue weighted by atomic mass is 10.1. The number of H-pyrrole nitrogens is 1. The monoisotopic (exact) mass is 296 g/mol. The van der Waals surface area contributed by atoms with Crippen LogP contribution >= 0.6 is 0 Å². The molecule has 1 aromatic heterocycles. The van der Waals surface area contributed by atoms with Gasteiger partial charge in [0.05, 0.1) is 32.6 Å². The van der Waals surface area contributed by atoms with Crippen molar-refractivity contribution in [3.05, 3.63) is 23.6 Å². The summed E-state index contributed by atoms with van der Waals surface area (Å²) in [6, 6.07) is 2.53. The summed E-state index contributed by atoms with van der Waals surface area (Å²) in [6.07, 6.45) is 0. The second-order valence-corrected chi connectivity index (χ2v) is 3.98. The second kappa shape index (κ2) is 5.70. The van der Waals surface area contributed by atoms with Crippen LogP contribution in [-0.2, 0) is 0 Å². The number of halogens is 1. The van der Waals surface area contributed by atoms with Crippen LogP contribution in [0.2, 0.25) is 0 Å². The van der Waals surface area contributed by atoms with E-state index in [0.717, 1.165) is 0 Å². The van der Waals surface area contributed by atoms with Crippen molar-refractivity contribution in [3.63, 3.8) is 0 Å². The molecule has 21 heavy (non-hydrogen) atoms. The number of methoxy groups -OCH3 is 3. The molecular weight excluding hydrogens is 283 g/mol. The molecule has 0 atom stereocenters. The predicted octanol–water partition coefficient (Wildman–Crippen LogP) is 1.94. The fourth-order valence-electron chi connectivity index (χ4n) is 1.88. The Morgan fingerprint density at radius 3 is 2.33 bits per heavy atom. The Bertz CT molecular complexity index is 683. The SMILES string of the molecule is COc1cc(OC)c(OC)c(-c2cc(C(=O)O)[nH]n2)c1F. The van der Waals surface area contributed by atoms with E-state index in [1.807, 2.05) is 0 Å². The van der Waals surface area contributed by atoms with E-state index < -0.39 is 11.8 Å². The third-order valence-corrected chi connectivity index (χ3v) is 2.86. The van der Waals surface area contributed by atoms with Crippen molar-refractivity contribution >= 4 is 5.97 Å². The zero-order valence-electron chi connectivity index (χ0n) is 11.6. The van der Waals surface area contributed by atoms with E-state index in [9.17, 15) is 9.18 Å². The van der Waals surface area contributed by atoms with E-state index in [4.69, 9.17) is 19.3 Å². The molecule has 0 saturated carbocycles. The molecule has 0 aliphatic carbocycles. The van der Waals surface area contributed by atoms with E-state index in [-0.39, 0.29) is 34.2 Å². The van der Waals surface area contributed by atoms with Crippen molar-refractivity contribution in [2.75, 3.05) is 21.3 Å². The molecule has 0 aliphatic rings. The molecule has 2 aromatic rings. The maximum Gasteiger partial charge on any atom is 0.353 e. The molecule has 8 heteroatoms. The fourth-order valence-corrected chi connectivity index (χ4v) is 1.88. The lowest BCUT2D eigenvalue weighted by Crippen LogP contribution is -1.99. The summed E-state index contributed by atoms with van der Waals surface area (Å²) < 4.78 is 29.7. The van der Waals surface area contributed by atoms with Gasteiger partial charge < -0.3 is 19.3 Å². The van der Waals surface area contributed by atoms with E-state index in [0.29, 0.717) is 0 Å². The van der Waals surface area contributed by atoms with Gasteiger partial charge >= 0.3 is 5.97 Å². The lowest BCUT2D eigenvalue weighted by Gasteiger charge is -2.14. The van der Waals surface area contributed by atoms with Gasteiger partial charge in [-0.3, -0.25) is 5.10 Å². The van der Waals surface area contributed by atoms with Gasteiger partial charge in [0.15, 0.2) is 23.1 Å². The first kappa shape index (κ1) is 14.6. The Morgan fingerprint density at radius 2 is 1.86 bits per heavy atom. The van der Waals surface area contributed by atoms with Gasteiger partial charge in [-0.15, -0.1) is 0 Å². The molecule has 0 spiro atoms. The predicted molar refractivity (Wildman–Crippen MR) is 70.6 cm³/mol. The summed E-state index contributed by atoms with van der Waals surface area (Å²) in [5, 5.41) is 15.0. The molecule has 112 valence electrons. The van der Waals surface area contributed by atoms with E-state index in [1.54, 1.807) is 0 Å². The molecule has 7 nitrogen and oxygen atoms in total. The van der Waals surface area contributed by atoms with Gasteiger partial charge in [0.1, 0.15) is 5.69 Å². The molecular formula is C13H13FN2O5. The quantitative estimate of drug-likeness (QED) is 0.875. The number of benzene rings is 1. The topological polar surface area (TPSA) is 93.7 Å². The number of hydrogen-bond donors (Lipinski definition) is 2. The Morgan fingerprint density at radius 1 is 1.19 bits per heavy atom. The van der Waals surface area contributed by atoms with E-state index >= 15 is 0 Å². The molecule has 0 aliphatic heterocycles. The number of carboxylic acid groups (broad SMARTS) is 1. The maximum atomic E-state index is 14.5. The number of aromatic nitrogens is 2. The number of nitrogens with one attached hydrogen (secondary N) is 1. The van der Waals surface area contributed by atoms with Crippen LogP contribution in [0.3, 0.4) is 0 Å². The standard InChI is InChI=1S/C13H13FN2O5/c1-19-8-5-9(20-2)12(21-3)10(11(8)14)6-4-7(13(17)18)16-15-6/h4-5H,1-3H3,(H,15,16)(H,17,18). The van der Waals surface area contributed by atoms with Crippen LogP contribution in [0, 0.1) is 5.82 Å². The Hall–Kier alpha value is -2.77. The van der Waals surface area contributed by atoms with Crippen molar-refractivity contribution in [2.24, 2.45) is 0 Å². The number of aromatic amines is 1. The van der Waals surface area contributed by atoms with Crippen molar-refractivity contribution < 1.29 is 28.5 Å². The molecule has 2 N–H and O–H groups in total. The summed E-state index contributed by atoms with van der Waals surface area (Å²) in [4.78, 5) is 10.9. The van der Waals surface area contributed by atoms with Crippen LogP contribution < -0.4 is 14.2 Å². The minimum Gasteiger partial charge on any atom is -0.494 e. The molecule has 0 bridgehead atoms. The third-order valence-electron chi connectivity index (χ3n) is 2.86. The van der Waals surface area contributed by atoms with Crippen molar-refractivity contribution in [2.45, 2.75) is 0 Å². The summed E-state index contributed by atoms with van der Waals surface area (Å²) in [5.74, 6) is -1.66. The van der Waals surface area contributed by atoms with Gasteiger partial charge in [0.2, 0.25) is 0 Å². The smallest absolute Gasteiger partial charge is 0.353 e. The van der Waals surface area contributed by atoms with Crippen LogP contribution in [0.15, 0.2) is 12.1 Å². The fraction of sp³-hybridized carbons (Fsp3) is 0.231. The zero-order valence-corrected chi connectivity index (χ0v) is 11.6. The number of rotatable bonds is 5. The van der Waals surface area contributed by atoms with Gasteiger partial charge in [-0.1, -0.05) is 0 Å². The molecule has 0 fully saturated rings. The number of aromatic carboxylic acids is 1. The zero-order chi connectivity index (χ0) is 15.6. The Balaban J connectivity index is 2.72. The van der Waals surface area contributed by atoms with Gasteiger partial charge in [-0.25, -0.2) is 9.18 Å².